The molecule has 0 fully saturated rings. The molecule has 0 bridgehead atoms. The lowest BCUT2D eigenvalue weighted by molar-refractivity contribution is -0.139. The van der Waals surface area contributed by atoms with Gasteiger partial charge in [-0.15, -0.1) is 0 Å². The van der Waals surface area contributed by atoms with Gasteiger partial charge >= 0.3 is 5.97 Å². The number of hydrogen-bond donors (Lipinski definition) is 0. The number of halogens is 1. The molecule has 3 aromatic rings. The molecule has 0 aliphatic carbocycles. The van der Waals surface area contributed by atoms with Crippen LogP contribution in [0.4, 0.5) is 0 Å². The van der Waals surface area contributed by atoms with Crippen molar-refractivity contribution in [3.63, 3.8) is 0 Å². The van der Waals surface area contributed by atoms with E-state index in [0.717, 1.165) is 10.0 Å². The van der Waals surface area contributed by atoms with Crippen molar-refractivity contribution < 1.29 is 23.7 Å². The van der Waals surface area contributed by atoms with Crippen LogP contribution in [0.15, 0.2) is 61.9 Å². The summed E-state index contributed by atoms with van der Waals surface area (Å²) in [4.78, 5) is 32.0. The summed E-state index contributed by atoms with van der Waals surface area (Å²) in [7, 11) is 3.16. The highest BCUT2D eigenvalue weighted by Crippen LogP contribution is 2.36. The lowest BCUT2D eigenvalue weighted by atomic mass is 9.95. The van der Waals surface area contributed by atoms with Crippen LogP contribution in [0, 0.1) is 0 Å². The van der Waals surface area contributed by atoms with Gasteiger partial charge in [0.25, 0.3) is 5.56 Å². The quantitative estimate of drug-likeness (QED) is 0.371. The third kappa shape index (κ3) is 5.21. The van der Waals surface area contributed by atoms with E-state index in [1.54, 1.807) is 50.8 Å². The molecule has 1 unspecified atom stereocenters. The molecule has 10 heteroatoms. The Morgan fingerprint density at radius 3 is 2.46 bits per heavy atom. The number of benzene rings is 2. The highest BCUT2D eigenvalue weighted by atomic mass is 79.9. The first-order chi connectivity index (χ1) is 17.8. The number of methoxy groups -OCH3 is 2. The summed E-state index contributed by atoms with van der Waals surface area (Å²) in [6.45, 7) is 6.00. The molecule has 0 spiro atoms. The Hall–Kier alpha value is -3.37. The molecule has 194 valence electrons. The highest BCUT2D eigenvalue weighted by Gasteiger charge is 2.34. The van der Waals surface area contributed by atoms with Crippen LogP contribution in [-0.2, 0) is 9.53 Å². The smallest absolute Gasteiger partial charge is 0.338 e. The van der Waals surface area contributed by atoms with E-state index in [1.165, 1.54) is 11.3 Å². The van der Waals surface area contributed by atoms with Crippen molar-refractivity contribution in [3.8, 4) is 17.2 Å². The number of hydrogen-bond acceptors (Lipinski definition) is 8. The number of rotatable bonds is 8. The molecule has 0 saturated carbocycles. The van der Waals surface area contributed by atoms with Crippen LogP contribution in [0.5, 0.6) is 17.2 Å². The van der Waals surface area contributed by atoms with Crippen LogP contribution in [-0.4, -0.2) is 38.0 Å². The van der Waals surface area contributed by atoms with Gasteiger partial charge in [0.05, 0.1) is 53.8 Å². The Morgan fingerprint density at radius 1 is 1.08 bits per heavy atom. The average molecular weight is 587 g/mol. The number of ether oxygens (including phenoxy) is 4. The third-order valence-electron chi connectivity index (χ3n) is 5.79. The molecule has 0 amide bonds. The lowest BCUT2D eigenvalue weighted by Crippen LogP contribution is -2.40. The number of nitrogens with zero attached hydrogens (tertiary/aromatic N) is 2. The van der Waals surface area contributed by atoms with E-state index in [-0.39, 0.29) is 12.2 Å². The monoisotopic (exact) mass is 586 g/mol. The molecule has 0 saturated heterocycles. The van der Waals surface area contributed by atoms with Crippen molar-refractivity contribution in [2.75, 3.05) is 27.4 Å². The molecule has 8 nitrogen and oxygen atoms in total. The number of carbonyl (C=O) groups is 1. The van der Waals surface area contributed by atoms with Crippen LogP contribution in [0.3, 0.4) is 0 Å². The number of carbonyl (C=O) groups excluding carboxylic acids is 1. The van der Waals surface area contributed by atoms with Gasteiger partial charge in [0.15, 0.2) is 16.3 Å². The Balaban J connectivity index is 1.94. The van der Waals surface area contributed by atoms with Gasteiger partial charge in [0.2, 0.25) is 0 Å². The van der Waals surface area contributed by atoms with Gasteiger partial charge in [-0.3, -0.25) is 9.36 Å². The largest absolute Gasteiger partial charge is 0.496 e. The zero-order chi connectivity index (χ0) is 26.7. The van der Waals surface area contributed by atoms with E-state index < -0.39 is 12.0 Å². The Morgan fingerprint density at radius 2 is 1.81 bits per heavy atom. The number of allylic oxidation sites excluding steroid dienone is 1. The molecule has 0 N–H and O–H groups in total. The molecular weight excluding hydrogens is 560 g/mol. The molecule has 2 aromatic carbocycles. The first kappa shape index (κ1) is 26.7. The predicted octanol–water partition coefficient (Wildman–Crippen LogP) is 3.98. The van der Waals surface area contributed by atoms with Crippen LogP contribution >= 0.6 is 27.3 Å². The van der Waals surface area contributed by atoms with Crippen molar-refractivity contribution in [3.05, 3.63) is 83.0 Å². The van der Waals surface area contributed by atoms with Crippen LogP contribution in [0.2, 0.25) is 0 Å². The summed E-state index contributed by atoms with van der Waals surface area (Å²) in [6.07, 6.45) is 1.80. The first-order valence-electron chi connectivity index (χ1n) is 11.7. The summed E-state index contributed by atoms with van der Waals surface area (Å²) in [5, 5.41) is 0. The summed E-state index contributed by atoms with van der Waals surface area (Å²) in [6, 6.07) is 10.2. The van der Waals surface area contributed by atoms with E-state index in [2.05, 4.69) is 20.9 Å². The second kappa shape index (κ2) is 11.4. The molecular formula is C27H27BrN2O6S. The summed E-state index contributed by atoms with van der Waals surface area (Å²) >= 11 is 4.75. The minimum atomic E-state index is -0.745. The fourth-order valence-electron chi connectivity index (χ4n) is 4.16. The average Bonchev–Trinajstić information content (AvgIpc) is 3.17. The maximum Gasteiger partial charge on any atom is 0.338 e. The number of thiazole rings is 1. The maximum atomic E-state index is 13.8. The molecule has 1 aliphatic rings. The van der Waals surface area contributed by atoms with E-state index in [9.17, 15) is 9.59 Å². The third-order valence-corrected chi connectivity index (χ3v) is 7.40. The molecule has 1 aromatic heterocycles. The summed E-state index contributed by atoms with van der Waals surface area (Å²) in [5.41, 5.74) is 2.04. The maximum absolute atomic E-state index is 13.8. The van der Waals surface area contributed by atoms with Crippen LogP contribution < -0.4 is 29.1 Å². The molecule has 1 atom stereocenters. The molecule has 37 heavy (non-hydrogen) atoms. The van der Waals surface area contributed by atoms with Gasteiger partial charge in [-0.2, -0.15) is 0 Å². The van der Waals surface area contributed by atoms with Gasteiger partial charge in [-0.1, -0.05) is 23.5 Å². The first-order valence-corrected chi connectivity index (χ1v) is 13.3. The van der Waals surface area contributed by atoms with E-state index in [0.29, 0.717) is 50.0 Å². The normalized spacial score (nSPS) is 15.2. The Labute approximate surface area is 226 Å². The predicted molar refractivity (Wildman–Crippen MR) is 145 cm³/mol. The Kier molecular flexibility index (Phi) is 8.19. The zero-order valence-electron chi connectivity index (χ0n) is 21.2. The second-order valence-electron chi connectivity index (χ2n) is 8.04. The van der Waals surface area contributed by atoms with Crippen molar-refractivity contribution in [1.29, 1.82) is 0 Å². The summed E-state index contributed by atoms with van der Waals surface area (Å²) in [5.74, 6) is 1.25. The van der Waals surface area contributed by atoms with Gasteiger partial charge in [-0.25, -0.2) is 9.79 Å². The number of aromatic nitrogens is 1. The summed E-state index contributed by atoms with van der Waals surface area (Å²) < 4.78 is 24.7. The van der Waals surface area contributed by atoms with E-state index in [1.807, 2.05) is 31.2 Å². The van der Waals surface area contributed by atoms with Crippen LogP contribution in [0.25, 0.3) is 6.08 Å². The number of fused-ring (bicyclic) bond motifs is 1. The van der Waals surface area contributed by atoms with Gasteiger partial charge in [-0.05, 0) is 78.2 Å². The zero-order valence-corrected chi connectivity index (χ0v) is 23.6. The van der Waals surface area contributed by atoms with Gasteiger partial charge in [0, 0.05) is 0 Å². The SMILES string of the molecule is CCOC(=O)C1=C(C)N=c2s/c(=C/c3ccc(OC)c(Br)c3)c(=O)n2C1c1ccc(OC)c(OCC)c1. The second-order valence-corrected chi connectivity index (χ2v) is 9.90. The van der Waals surface area contributed by atoms with E-state index >= 15 is 0 Å². The molecule has 2 heterocycles. The Bertz CT molecular complexity index is 1560. The minimum Gasteiger partial charge on any atom is -0.496 e. The highest BCUT2D eigenvalue weighted by molar-refractivity contribution is 9.10. The van der Waals surface area contributed by atoms with Crippen molar-refractivity contribution >= 4 is 39.3 Å². The minimum absolute atomic E-state index is 0.200. The standard InChI is InChI=1S/C27H27BrN2O6S/c1-6-35-21-14-17(9-11-20(21)34-5)24-23(26(32)36-7-2)15(3)29-27-30(24)25(31)22(37-27)13-16-8-10-19(33-4)18(28)12-16/h8-14,24H,6-7H2,1-5H3/b22-13+. The van der Waals surface area contributed by atoms with Crippen molar-refractivity contribution in [2.45, 2.75) is 26.8 Å². The number of esters is 1. The molecule has 4 rings (SSSR count). The molecule has 0 radical (unpaired) electrons. The molecule has 1 aliphatic heterocycles. The lowest BCUT2D eigenvalue weighted by Gasteiger charge is -2.25. The van der Waals surface area contributed by atoms with Crippen molar-refractivity contribution in [2.24, 2.45) is 4.99 Å². The topological polar surface area (TPSA) is 88.4 Å². The van der Waals surface area contributed by atoms with Gasteiger partial charge < -0.3 is 18.9 Å². The fourth-order valence-corrected chi connectivity index (χ4v) is 5.77. The van der Waals surface area contributed by atoms with Crippen molar-refractivity contribution in [1.82, 2.24) is 4.57 Å². The van der Waals surface area contributed by atoms with Crippen LogP contribution in [0.1, 0.15) is 37.9 Å². The fraction of sp³-hybridized carbons (Fsp3) is 0.296. The van der Waals surface area contributed by atoms with Gasteiger partial charge in [0.1, 0.15) is 5.75 Å². The van der Waals surface area contributed by atoms with E-state index in [4.69, 9.17) is 18.9 Å².